The number of hydrogen-bond acceptors (Lipinski definition) is 2. The topological polar surface area (TPSA) is 37.9 Å². The highest BCUT2D eigenvalue weighted by molar-refractivity contribution is 6.32. The van der Waals surface area contributed by atoms with Gasteiger partial charge in [0.1, 0.15) is 17.0 Å². The first-order valence-electron chi connectivity index (χ1n) is 6.54. The van der Waals surface area contributed by atoms with Crippen LogP contribution in [-0.4, -0.2) is 11.7 Å². The van der Waals surface area contributed by atoms with Crippen LogP contribution in [0.2, 0.25) is 5.15 Å². The van der Waals surface area contributed by atoms with E-state index in [9.17, 15) is 5.26 Å². The van der Waals surface area contributed by atoms with Crippen molar-refractivity contribution >= 4 is 22.5 Å². The van der Waals surface area contributed by atoms with Gasteiger partial charge in [0.25, 0.3) is 0 Å². The second kappa shape index (κ2) is 5.51. The van der Waals surface area contributed by atoms with Crippen molar-refractivity contribution in [2.24, 2.45) is 0 Å². The van der Waals surface area contributed by atoms with E-state index in [1.165, 1.54) is 0 Å². The van der Waals surface area contributed by atoms with Crippen LogP contribution < -0.4 is 4.74 Å². The van der Waals surface area contributed by atoms with Crippen LogP contribution in [0.15, 0.2) is 48.5 Å². The number of fused-ring (bicyclic) bond motifs is 1. The molecule has 104 valence electrons. The largest absolute Gasteiger partial charge is 0.497 e. The number of nitriles is 1. The fourth-order valence-corrected chi connectivity index (χ4v) is 2.75. The SMILES string of the molecule is COc1ccc2c(c1)c(C#N)c(Cl)n2Cc1ccccc1. The molecule has 1 aromatic heterocycles. The molecule has 0 aliphatic heterocycles. The van der Waals surface area contributed by atoms with Crippen LogP contribution >= 0.6 is 11.6 Å². The molecule has 0 aliphatic carbocycles. The molecule has 1 heterocycles. The highest BCUT2D eigenvalue weighted by Gasteiger charge is 2.16. The van der Waals surface area contributed by atoms with Gasteiger partial charge in [-0.05, 0) is 23.8 Å². The number of aromatic nitrogens is 1. The molecule has 21 heavy (non-hydrogen) atoms. The van der Waals surface area contributed by atoms with E-state index < -0.39 is 0 Å². The van der Waals surface area contributed by atoms with Crippen molar-refractivity contribution in [3.63, 3.8) is 0 Å². The summed E-state index contributed by atoms with van der Waals surface area (Å²) in [5.41, 5.74) is 2.55. The lowest BCUT2D eigenvalue weighted by Crippen LogP contribution is -1.99. The van der Waals surface area contributed by atoms with Crippen LogP contribution in [0.3, 0.4) is 0 Å². The Kier molecular flexibility index (Phi) is 3.55. The van der Waals surface area contributed by atoms with Gasteiger partial charge >= 0.3 is 0 Å². The fourth-order valence-electron chi connectivity index (χ4n) is 2.46. The molecule has 0 radical (unpaired) electrons. The molecule has 0 saturated heterocycles. The van der Waals surface area contributed by atoms with E-state index in [0.29, 0.717) is 23.0 Å². The van der Waals surface area contributed by atoms with Gasteiger partial charge in [0.15, 0.2) is 0 Å². The van der Waals surface area contributed by atoms with E-state index in [2.05, 4.69) is 6.07 Å². The second-order valence-corrected chi connectivity index (χ2v) is 5.09. The van der Waals surface area contributed by atoms with Crippen LogP contribution in [0.4, 0.5) is 0 Å². The van der Waals surface area contributed by atoms with Crippen LogP contribution in [0.25, 0.3) is 10.9 Å². The molecular weight excluding hydrogens is 284 g/mol. The smallest absolute Gasteiger partial charge is 0.128 e. The Balaban J connectivity index is 2.19. The first-order valence-corrected chi connectivity index (χ1v) is 6.92. The Hall–Kier alpha value is -2.44. The van der Waals surface area contributed by atoms with Gasteiger partial charge in [0.2, 0.25) is 0 Å². The zero-order valence-corrected chi connectivity index (χ0v) is 12.3. The highest BCUT2D eigenvalue weighted by atomic mass is 35.5. The third-order valence-electron chi connectivity index (χ3n) is 3.50. The summed E-state index contributed by atoms with van der Waals surface area (Å²) in [6.45, 7) is 0.629. The van der Waals surface area contributed by atoms with Gasteiger partial charge < -0.3 is 9.30 Å². The molecule has 0 bridgehead atoms. The van der Waals surface area contributed by atoms with E-state index in [4.69, 9.17) is 16.3 Å². The Bertz CT molecular complexity index is 831. The molecule has 0 spiro atoms. The van der Waals surface area contributed by atoms with Crippen molar-refractivity contribution in [2.45, 2.75) is 6.54 Å². The maximum absolute atomic E-state index is 9.37. The molecule has 3 rings (SSSR count). The van der Waals surface area contributed by atoms with E-state index in [1.54, 1.807) is 7.11 Å². The summed E-state index contributed by atoms with van der Waals surface area (Å²) in [6.07, 6.45) is 0. The number of ether oxygens (including phenoxy) is 1. The normalized spacial score (nSPS) is 10.5. The van der Waals surface area contributed by atoms with Crippen molar-refractivity contribution in [1.82, 2.24) is 4.57 Å². The third kappa shape index (κ3) is 2.35. The summed E-state index contributed by atoms with van der Waals surface area (Å²) in [4.78, 5) is 0. The number of nitrogens with zero attached hydrogens (tertiary/aromatic N) is 2. The van der Waals surface area contributed by atoms with Crippen LogP contribution in [-0.2, 0) is 6.54 Å². The fraction of sp³-hybridized carbons (Fsp3) is 0.118. The van der Waals surface area contributed by atoms with Gasteiger partial charge in [-0.15, -0.1) is 0 Å². The number of hydrogen-bond donors (Lipinski definition) is 0. The van der Waals surface area contributed by atoms with Gasteiger partial charge in [-0.3, -0.25) is 0 Å². The minimum Gasteiger partial charge on any atom is -0.497 e. The minimum absolute atomic E-state index is 0.463. The minimum atomic E-state index is 0.463. The van der Waals surface area contributed by atoms with Crippen molar-refractivity contribution in [3.8, 4) is 11.8 Å². The summed E-state index contributed by atoms with van der Waals surface area (Å²) in [5, 5.41) is 10.7. The van der Waals surface area contributed by atoms with Gasteiger partial charge in [-0.25, -0.2) is 0 Å². The van der Waals surface area contributed by atoms with Crippen LogP contribution in [0, 0.1) is 11.3 Å². The van der Waals surface area contributed by atoms with E-state index in [0.717, 1.165) is 16.5 Å². The molecule has 2 aromatic carbocycles. The maximum atomic E-state index is 9.37. The maximum Gasteiger partial charge on any atom is 0.128 e. The van der Waals surface area contributed by atoms with Crippen molar-refractivity contribution in [1.29, 1.82) is 5.26 Å². The van der Waals surface area contributed by atoms with E-state index >= 15 is 0 Å². The van der Waals surface area contributed by atoms with Gasteiger partial charge in [-0.1, -0.05) is 41.9 Å². The standard InChI is InChI=1S/C17H13ClN2O/c1-21-13-7-8-16-14(9-13)15(10-19)17(18)20(16)11-12-5-3-2-4-6-12/h2-9H,11H2,1H3. The predicted molar refractivity (Wildman–Crippen MR) is 83.8 cm³/mol. The first-order chi connectivity index (χ1) is 10.2. The average Bonchev–Trinajstić information content (AvgIpc) is 2.79. The molecule has 0 fully saturated rings. The molecule has 0 amide bonds. The molecule has 0 saturated carbocycles. The average molecular weight is 297 g/mol. The zero-order valence-electron chi connectivity index (χ0n) is 11.5. The third-order valence-corrected chi connectivity index (χ3v) is 3.90. The van der Waals surface area contributed by atoms with Crippen molar-refractivity contribution in [2.75, 3.05) is 7.11 Å². The Morgan fingerprint density at radius 2 is 1.95 bits per heavy atom. The molecule has 3 nitrogen and oxygen atoms in total. The number of rotatable bonds is 3. The summed E-state index contributed by atoms with van der Waals surface area (Å²) < 4.78 is 7.18. The predicted octanol–water partition coefficient (Wildman–Crippen LogP) is 4.22. The zero-order chi connectivity index (χ0) is 14.8. The van der Waals surface area contributed by atoms with Gasteiger partial charge in [-0.2, -0.15) is 5.26 Å². The Morgan fingerprint density at radius 3 is 2.62 bits per heavy atom. The first kappa shape index (κ1) is 13.5. The van der Waals surface area contributed by atoms with Crippen LogP contribution in [0.1, 0.15) is 11.1 Å². The number of halogens is 1. The van der Waals surface area contributed by atoms with Crippen LogP contribution in [0.5, 0.6) is 5.75 Å². The Morgan fingerprint density at radius 1 is 1.19 bits per heavy atom. The second-order valence-electron chi connectivity index (χ2n) is 4.73. The molecule has 0 atom stereocenters. The molecular formula is C17H13ClN2O. The van der Waals surface area contributed by atoms with Gasteiger partial charge in [0.05, 0.1) is 18.2 Å². The lowest BCUT2D eigenvalue weighted by Gasteiger charge is -2.07. The quantitative estimate of drug-likeness (QED) is 0.725. The van der Waals surface area contributed by atoms with Gasteiger partial charge in [0, 0.05) is 11.9 Å². The summed E-state index contributed by atoms with van der Waals surface area (Å²) in [7, 11) is 1.61. The summed E-state index contributed by atoms with van der Waals surface area (Å²) >= 11 is 6.40. The Labute approximate surface area is 127 Å². The molecule has 3 aromatic rings. The number of methoxy groups -OCH3 is 1. The van der Waals surface area contributed by atoms with E-state index in [-0.39, 0.29) is 0 Å². The van der Waals surface area contributed by atoms with Crippen molar-refractivity contribution < 1.29 is 4.74 Å². The molecule has 0 N–H and O–H groups in total. The molecule has 4 heteroatoms. The highest BCUT2D eigenvalue weighted by Crippen LogP contribution is 2.32. The molecule has 0 aliphatic rings. The lowest BCUT2D eigenvalue weighted by molar-refractivity contribution is 0.415. The van der Waals surface area contributed by atoms with E-state index in [1.807, 2.05) is 53.1 Å². The monoisotopic (exact) mass is 296 g/mol. The summed E-state index contributed by atoms with van der Waals surface area (Å²) in [6, 6.07) is 17.9. The van der Waals surface area contributed by atoms with Crippen molar-refractivity contribution in [3.05, 3.63) is 64.8 Å². The summed E-state index contributed by atoms with van der Waals surface area (Å²) in [5.74, 6) is 0.715. The lowest BCUT2D eigenvalue weighted by atomic mass is 10.2. The molecule has 0 unspecified atom stereocenters. The number of benzene rings is 2.